The van der Waals surface area contributed by atoms with E-state index in [-0.39, 0.29) is 23.4 Å². The average Bonchev–Trinajstić information content (AvgIpc) is 2.56. The molecule has 1 amide bonds. The van der Waals surface area contributed by atoms with Crippen molar-refractivity contribution in [1.29, 1.82) is 0 Å². The van der Waals surface area contributed by atoms with Crippen LogP contribution in [0, 0.1) is 5.82 Å². The SMILES string of the molecule is C[C@H](Oc1ccc(F)cc1)C(=O)N[C@H]1CC(C)(C)Oc2ccccc21. The second-order valence-electron chi connectivity index (χ2n) is 6.88. The largest absolute Gasteiger partial charge is 0.487 e. The highest BCUT2D eigenvalue weighted by Gasteiger charge is 2.35. The Morgan fingerprint density at radius 2 is 1.92 bits per heavy atom. The Morgan fingerprint density at radius 1 is 1.24 bits per heavy atom. The summed E-state index contributed by atoms with van der Waals surface area (Å²) in [6, 6.07) is 13.2. The molecule has 0 spiro atoms. The molecule has 0 saturated carbocycles. The molecule has 25 heavy (non-hydrogen) atoms. The Hall–Kier alpha value is -2.56. The molecule has 1 aliphatic heterocycles. The number of rotatable bonds is 4. The van der Waals surface area contributed by atoms with E-state index in [1.165, 1.54) is 24.3 Å². The first-order valence-electron chi connectivity index (χ1n) is 8.35. The molecule has 0 saturated heterocycles. The quantitative estimate of drug-likeness (QED) is 0.912. The molecule has 1 N–H and O–H groups in total. The zero-order valence-electron chi connectivity index (χ0n) is 14.6. The molecule has 132 valence electrons. The molecule has 0 aromatic heterocycles. The van der Waals surface area contributed by atoms with Crippen LogP contribution < -0.4 is 14.8 Å². The van der Waals surface area contributed by atoms with Gasteiger partial charge in [-0.05, 0) is 51.1 Å². The smallest absolute Gasteiger partial charge is 0.261 e. The lowest BCUT2D eigenvalue weighted by Gasteiger charge is -2.38. The first-order chi connectivity index (χ1) is 11.8. The third-order valence-corrected chi connectivity index (χ3v) is 4.19. The van der Waals surface area contributed by atoms with Crippen LogP contribution in [0.4, 0.5) is 4.39 Å². The molecular weight excluding hydrogens is 321 g/mol. The van der Waals surface area contributed by atoms with Gasteiger partial charge in [0.2, 0.25) is 0 Å². The Balaban J connectivity index is 1.70. The molecule has 4 nitrogen and oxygen atoms in total. The van der Waals surface area contributed by atoms with Crippen LogP contribution in [0.5, 0.6) is 11.5 Å². The van der Waals surface area contributed by atoms with E-state index in [0.29, 0.717) is 12.2 Å². The molecule has 0 radical (unpaired) electrons. The van der Waals surface area contributed by atoms with E-state index in [1.54, 1.807) is 6.92 Å². The van der Waals surface area contributed by atoms with Gasteiger partial charge in [-0.1, -0.05) is 18.2 Å². The Bertz CT molecular complexity index is 758. The molecule has 1 heterocycles. The van der Waals surface area contributed by atoms with E-state index in [2.05, 4.69) is 5.32 Å². The molecule has 3 rings (SSSR count). The van der Waals surface area contributed by atoms with Crippen LogP contribution >= 0.6 is 0 Å². The van der Waals surface area contributed by atoms with E-state index in [4.69, 9.17) is 9.47 Å². The summed E-state index contributed by atoms with van der Waals surface area (Å²) in [5.41, 5.74) is 0.594. The van der Waals surface area contributed by atoms with Gasteiger partial charge in [0, 0.05) is 12.0 Å². The number of hydrogen-bond acceptors (Lipinski definition) is 3. The number of fused-ring (bicyclic) bond motifs is 1. The maximum atomic E-state index is 13.0. The molecule has 5 heteroatoms. The lowest BCUT2D eigenvalue weighted by Crippen LogP contribution is -2.44. The third kappa shape index (κ3) is 4.10. The van der Waals surface area contributed by atoms with Gasteiger partial charge in [0.05, 0.1) is 6.04 Å². The molecule has 0 fully saturated rings. The second kappa shape index (κ2) is 6.75. The number of hydrogen-bond donors (Lipinski definition) is 1. The van der Waals surface area contributed by atoms with E-state index in [9.17, 15) is 9.18 Å². The van der Waals surface area contributed by atoms with Crippen LogP contribution in [0.3, 0.4) is 0 Å². The molecule has 2 aromatic carbocycles. The minimum absolute atomic E-state index is 0.147. The van der Waals surface area contributed by atoms with Gasteiger partial charge >= 0.3 is 0 Å². The van der Waals surface area contributed by atoms with E-state index < -0.39 is 6.10 Å². The van der Waals surface area contributed by atoms with Crippen molar-refractivity contribution in [3.8, 4) is 11.5 Å². The van der Waals surface area contributed by atoms with Gasteiger partial charge in [-0.2, -0.15) is 0 Å². The summed E-state index contributed by atoms with van der Waals surface area (Å²) in [6.45, 7) is 5.68. The summed E-state index contributed by atoms with van der Waals surface area (Å²) >= 11 is 0. The molecule has 1 aliphatic rings. The van der Waals surface area contributed by atoms with Gasteiger partial charge in [0.15, 0.2) is 6.10 Å². The first kappa shape index (κ1) is 17.3. The van der Waals surface area contributed by atoms with Crippen molar-refractivity contribution >= 4 is 5.91 Å². The summed E-state index contributed by atoms with van der Waals surface area (Å²) in [5.74, 6) is 0.681. The molecule has 0 bridgehead atoms. The summed E-state index contributed by atoms with van der Waals surface area (Å²) < 4.78 is 24.5. The predicted molar refractivity (Wildman–Crippen MR) is 93.1 cm³/mol. The fourth-order valence-corrected chi connectivity index (χ4v) is 2.99. The van der Waals surface area contributed by atoms with Crippen LogP contribution in [0.25, 0.3) is 0 Å². The zero-order chi connectivity index (χ0) is 18.0. The van der Waals surface area contributed by atoms with Crippen molar-refractivity contribution in [3.05, 3.63) is 59.9 Å². The van der Waals surface area contributed by atoms with E-state index in [0.717, 1.165) is 11.3 Å². The van der Waals surface area contributed by atoms with Crippen LogP contribution in [-0.4, -0.2) is 17.6 Å². The zero-order valence-corrected chi connectivity index (χ0v) is 14.6. The number of amides is 1. The lowest BCUT2D eigenvalue weighted by molar-refractivity contribution is -0.128. The highest BCUT2D eigenvalue weighted by Crippen LogP contribution is 2.39. The summed E-state index contributed by atoms with van der Waals surface area (Å²) in [7, 11) is 0. The molecular formula is C20H22FNO3. The topological polar surface area (TPSA) is 47.6 Å². The van der Waals surface area contributed by atoms with E-state index in [1.807, 2.05) is 38.1 Å². The fraction of sp³-hybridized carbons (Fsp3) is 0.350. The monoisotopic (exact) mass is 343 g/mol. The molecule has 0 unspecified atom stereocenters. The van der Waals surface area contributed by atoms with Gasteiger partial charge in [0.1, 0.15) is 22.9 Å². The maximum Gasteiger partial charge on any atom is 0.261 e. The fourth-order valence-electron chi connectivity index (χ4n) is 2.99. The predicted octanol–water partition coefficient (Wildman–Crippen LogP) is 4.01. The van der Waals surface area contributed by atoms with Crippen LogP contribution in [-0.2, 0) is 4.79 Å². The van der Waals surface area contributed by atoms with Crippen LogP contribution in [0.2, 0.25) is 0 Å². The number of ether oxygens (including phenoxy) is 2. The Labute approximate surface area is 147 Å². The highest BCUT2D eigenvalue weighted by atomic mass is 19.1. The third-order valence-electron chi connectivity index (χ3n) is 4.19. The Kier molecular flexibility index (Phi) is 4.66. The van der Waals surface area contributed by atoms with Crippen molar-refractivity contribution in [1.82, 2.24) is 5.32 Å². The molecule has 0 aliphatic carbocycles. The summed E-state index contributed by atoms with van der Waals surface area (Å²) in [6.07, 6.45) is -0.0254. The number of benzene rings is 2. The van der Waals surface area contributed by atoms with Gasteiger partial charge < -0.3 is 14.8 Å². The second-order valence-corrected chi connectivity index (χ2v) is 6.88. The number of carbonyl (C=O) groups is 1. The van der Waals surface area contributed by atoms with Crippen molar-refractivity contribution in [2.75, 3.05) is 0 Å². The minimum atomic E-state index is -0.691. The number of halogens is 1. The molecule has 2 atom stereocenters. The van der Waals surface area contributed by atoms with Gasteiger partial charge in [-0.3, -0.25) is 4.79 Å². The van der Waals surface area contributed by atoms with Crippen molar-refractivity contribution in [2.24, 2.45) is 0 Å². The van der Waals surface area contributed by atoms with Gasteiger partial charge in [-0.15, -0.1) is 0 Å². The maximum absolute atomic E-state index is 13.0. The van der Waals surface area contributed by atoms with Gasteiger partial charge in [0.25, 0.3) is 5.91 Å². The van der Waals surface area contributed by atoms with Crippen LogP contribution in [0.1, 0.15) is 38.8 Å². The number of carbonyl (C=O) groups excluding carboxylic acids is 1. The van der Waals surface area contributed by atoms with Crippen molar-refractivity contribution < 1.29 is 18.7 Å². The van der Waals surface area contributed by atoms with Crippen molar-refractivity contribution in [2.45, 2.75) is 44.9 Å². The summed E-state index contributed by atoms with van der Waals surface area (Å²) in [5, 5.41) is 3.04. The highest BCUT2D eigenvalue weighted by molar-refractivity contribution is 5.81. The summed E-state index contributed by atoms with van der Waals surface area (Å²) in [4.78, 5) is 12.6. The van der Waals surface area contributed by atoms with Crippen LogP contribution in [0.15, 0.2) is 48.5 Å². The normalized spacial score (nSPS) is 19.3. The average molecular weight is 343 g/mol. The first-order valence-corrected chi connectivity index (χ1v) is 8.35. The Morgan fingerprint density at radius 3 is 2.64 bits per heavy atom. The van der Waals surface area contributed by atoms with E-state index >= 15 is 0 Å². The molecule has 2 aromatic rings. The van der Waals surface area contributed by atoms with Gasteiger partial charge in [-0.25, -0.2) is 4.39 Å². The minimum Gasteiger partial charge on any atom is -0.487 e. The number of para-hydroxylation sites is 1. The standard InChI is InChI=1S/C20H22FNO3/c1-13(24-15-10-8-14(21)9-11-15)19(23)22-17-12-20(2,3)25-18-7-5-4-6-16(17)18/h4-11,13,17H,12H2,1-3H3,(H,22,23)/t13-,17-/m0/s1. The van der Waals surface area contributed by atoms with Crippen molar-refractivity contribution in [3.63, 3.8) is 0 Å². The lowest BCUT2D eigenvalue weighted by atomic mass is 9.89. The number of nitrogens with one attached hydrogen (secondary N) is 1.